The molecule has 0 saturated heterocycles. The number of amides is 1. The Morgan fingerprint density at radius 2 is 1.32 bits per heavy atom. The van der Waals surface area contributed by atoms with Crippen LogP contribution < -0.4 is 19.6 Å². The van der Waals surface area contributed by atoms with Gasteiger partial charge in [-0.1, -0.05) is 84.4 Å². The molecule has 0 fully saturated rings. The SMILES string of the molecule is Cc1ccc(C(=O)Oc2ccc3ccccc3c2/C=N\NC(=O)C(Oc2ccccc2)Oc2ccccc2)cc1. The minimum atomic E-state index is -1.31. The van der Waals surface area contributed by atoms with Crippen molar-refractivity contribution in [3.8, 4) is 17.2 Å². The largest absolute Gasteiger partial charge is 0.446 e. The van der Waals surface area contributed by atoms with Crippen molar-refractivity contribution in [3.63, 3.8) is 0 Å². The van der Waals surface area contributed by atoms with Crippen molar-refractivity contribution in [2.45, 2.75) is 13.2 Å². The quantitative estimate of drug-likeness (QED) is 0.0795. The predicted octanol–water partition coefficient (Wildman–Crippen LogP) is 6.30. The number of hydrogen-bond acceptors (Lipinski definition) is 6. The number of fused-ring (bicyclic) bond motifs is 1. The normalized spacial score (nSPS) is 10.9. The number of nitrogens with one attached hydrogen (secondary N) is 1. The van der Waals surface area contributed by atoms with Crippen LogP contribution in [0, 0.1) is 6.92 Å². The summed E-state index contributed by atoms with van der Waals surface area (Å²) in [6, 6.07) is 36.1. The van der Waals surface area contributed by atoms with E-state index in [1.807, 2.05) is 61.5 Å². The smallest absolute Gasteiger partial charge is 0.343 e. The molecule has 0 aliphatic heterocycles. The minimum Gasteiger partial charge on any atom is -0.446 e. The first-order valence-electron chi connectivity index (χ1n) is 12.6. The summed E-state index contributed by atoms with van der Waals surface area (Å²) in [6.45, 7) is 1.95. The lowest BCUT2D eigenvalue weighted by Crippen LogP contribution is -2.40. The zero-order valence-corrected chi connectivity index (χ0v) is 21.7. The Hall–Kier alpha value is -5.43. The van der Waals surface area contributed by atoms with Crippen LogP contribution in [-0.4, -0.2) is 24.4 Å². The fraction of sp³-hybridized carbons (Fsp3) is 0.0606. The van der Waals surface area contributed by atoms with Gasteiger partial charge < -0.3 is 14.2 Å². The molecular formula is C33H26N2O5. The Balaban J connectivity index is 1.38. The summed E-state index contributed by atoms with van der Waals surface area (Å²) in [6.07, 6.45) is 0.133. The summed E-state index contributed by atoms with van der Waals surface area (Å²) < 4.78 is 17.4. The first kappa shape index (κ1) is 26.2. The number of ether oxygens (including phenoxy) is 3. The molecule has 0 saturated carbocycles. The molecule has 5 aromatic carbocycles. The molecule has 40 heavy (non-hydrogen) atoms. The molecule has 5 rings (SSSR count). The van der Waals surface area contributed by atoms with Gasteiger partial charge in [-0.25, -0.2) is 10.2 Å². The van der Waals surface area contributed by atoms with Crippen LogP contribution in [0.2, 0.25) is 0 Å². The molecule has 0 aromatic heterocycles. The van der Waals surface area contributed by atoms with Gasteiger partial charge in [0.25, 0.3) is 0 Å². The summed E-state index contributed by atoms with van der Waals surface area (Å²) in [5, 5.41) is 5.89. The maximum absolute atomic E-state index is 13.1. The Kier molecular flexibility index (Phi) is 8.12. The van der Waals surface area contributed by atoms with Gasteiger partial charge in [-0.3, -0.25) is 4.79 Å². The molecule has 0 aliphatic rings. The lowest BCUT2D eigenvalue weighted by atomic mass is 10.0. The van der Waals surface area contributed by atoms with Gasteiger partial charge in [-0.2, -0.15) is 5.10 Å². The molecule has 0 unspecified atom stereocenters. The first-order chi connectivity index (χ1) is 19.6. The first-order valence-corrected chi connectivity index (χ1v) is 12.6. The van der Waals surface area contributed by atoms with Gasteiger partial charge >= 0.3 is 18.2 Å². The van der Waals surface area contributed by atoms with Crippen molar-refractivity contribution < 1.29 is 23.8 Å². The van der Waals surface area contributed by atoms with E-state index in [9.17, 15) is 9.59 Å². The van der Waals surface area contributed by atoms with Crippen LogP contribution in [-0.2, 0) is 4.79 Å². The molecule has 5 aromatic rings. The third kappa shape index (κ3) is 6.52. The van der Waals surface area contributed by atoms with E-state index in [2.05, 4.69) is 10.5 Å². The monoisotopic (exact) mass is 530 g/mol. The summed E-state index contributed by atoms with van der Waals surface area (Å²) in [5.41, 5.74) is 4.49. The Labute approximate surface area is 231 Å². The second kappa shape index (κ2) is 12.4. The van der Waals surface area contributed by atoms with Crippen LogP contribution in [0.1, 0.15) is 21.5 Å². The van der Waals surface area contributed by atoms with E-state index in [-0.39, 0.29) is 0 Å². The third-order valence-corrected chi connectivity index (χ3v) is 5.98. The average molecular weight is 531 g/mol. The van der Waals surface area contributed by atoms with Crippen molar-refractivity contribution in [1.82, 2.24) is 5.43 Å². The number of aryl methyl sites for hydroxylation is 1. The van der Waals surface area contributed by atoms with Crippen LogP contribution in [0.15, 0.2) is 126 Å². The number of carbonyl (C=O) groups is 2. The van der Waals surface area contributed by atoms with E-state index in [4.69, 9.17) is 14.2 Å². The second-order valence-electron chi connectivity index (χ2n) is 8.88. The highest BCUT2D eigenvalue weighted by atomic mass is 16.7. The fourth-order valence-electron chi connectivity index (χ4n) is 3.94. The molecule has 7 nitrogen and oxygen atoms in total. The molecule has 1 amide bonds. The minimum absolute atomic E-state index is 0.305. The van der Waals surface area contributed by atoms with Gasteiger partial charge in [0.1, 0.15) is 17.2 Å². The van der Waals surface area contributed by atoms with E-state index in [0.29, 0.717) is 28.4 Å². The number of esters is 1. The summed E-state index contributed by atoms with van der Waals surface area (Å²) >= 11 is 0. The van der Waals surface area contributed by atoms with E-state index in [0.717, 1.165) is 16.3 Å². The van der Waals surface area contributed by atoms with E-state index in [1.165, 1.54) is 6.21 Å². The van der Waals surface area contributed by atoms with Crippen molar-refractivity contribution in [1.29, 1.82) is 0 Å². The van der Waals surface area contributed by atoms with Crippen molar-refractivity contribution in [2.24, 2.45) is 5.10 Å². The van der Waals surface area contributed by atoms with E-state index < -0.39 is 18.2 Å². The maximum atomic E-state index is 13.1. The van der Waals surface area contributed by atoms with Crippen LogP contribution >= 0.6 is 0 Å². The summed E-state index contributed by atoms with van der Waals surface area (Å²) in [4.78, 5) is 26.0. The topological polar surface area (TPSA) is 86.2 Å². The Bertz CT molecular complexity index is 1590. The van der Waals surface area contributed by atoms with E-state index >= 15 is 0 Å². The second-order valence-corrected chi connectivity index (χ2v) is 8.88. The summed E-state index contributed by atoms with van der Waals surface area (Å²) in [7, 11) is 0. The van der Waals surface area contributed by atoms with Crippen LogP contribution in [0.25, 0.3) is 10.8 Å². The molecular weight excluding hydrogens is 504 g/mol. The van der Waals surface area contributed by atoms with Crippen LogP contribution in [0.4, 0.5) is 0 Å². The van der Waals surface area contributed by atoms with Crippen molar-refractivity contribution >= 4 is 28.9 Å². The summed E-state index contributed by atoms with van der Waals surface area (Å²) in [5.74, 6) is 0.104. The van der Waals surface area contributed by atoms with E-state index in [1.54, 1.807) is 66.7 Å². The lowest BCUT2D eigenvalue weighted by molar-refractivity contribution is -0.140. The number of hydrazone groups is 1. The highest BCUT2D eigenvalue weighted by molar-refractivity contribution is 6.04. The molecule has 0 atom stereocenters. The maximum Gasteiger partial charge on any atom is 0.343 e. The molecule has 0 bridgehead atoms. The van der Waals surface area contributed by atoms with Gasteiger partial charge in [0.05, 0.1) is 11.8 Å². The highest BCUT2D eigenvalue weighted by Gasteiger charge is 2.23. The van der Waals surface area contributed by atoms with Gasteiger partial charge in [0, 0.05) is 5.56 Å². The Morgan fingerprint density at radius 3 is 1.98 bits per heavy atom. The van der Waals surface area contributed by atoms with Gasteiger partial charge in [-0.05, 0) is 60.2 Å². The van der Waals surface area contributed by atoms with Crippen LogP contribution in [0.3, 0.4) is 0 Å². The number of nitrogens with zero attached hydrogens (tertiary/aromatic N) is 1. The number of carbonyl (C=O) groups excluding carboxylic acids is 2. The molecule has 7 heteroatoms. The predicted molar refractivity (Wildman–Crippen MR) is 154 cm³/mol. The molecule has 0 aliphatic carbocycles. The molecule has 0 radical (unpaired) electrons. The van der Waals surface area contributed by atoms with Gasteiger partial charge in [-0.15, -0.1) is 0 Å². The standard InChI is InChI=1S/C33H26N2O5/c1-23-16-18-25(19-17-23)32(37)40-30-21-20-24-10-8-9-15-28(24)29(30)22-34-35-31(36)33(38-26-11-4-2-5-12-26)39-27-13-6-3-7-14-27/h2-22,33H,1H3,(H,35,36)/b34-22-. The van der Waals surface area contributed by atoms with Gasteiger partial charge in [0.2, 0.25) is 0 Å². The molecule has 198 valence electrons. The fourth-order valence-corrected chi connectivity index (χ4v) is 3.94. The molecule has 0 heterocycles. The third-order valence-electron chi connectivity index (χ3n) is 5.98. The van der Waals surface area contributed by atoms with Crippen molar-refractivity contribution in [3.05, 3.63) is 138 Å². The Morgan fingerprint density at radius 1 is 0.725 bits per heavy atom. The number of para-hydroxylation sites is 2. The number of benzene rings is 5. The van der Waals surface area contributed by atoms with Crippen LogP contribution in [0.5, 0.6) is 17.2 Å². The van der Waals surface area contributed by atoms with Gasteiger partial charge in [0.15, 0.2) is 0 Å². The number of rotatable bonds is 9. The average Bonchev–Trinajstić information content (AvgIpc) is 2.99. The van der Waals surface area contributed by atoms with Crippen molar-refractivity contribution in [2.75, 3.05) is 0 Å². The zero-order valence-electron chi connectivity index (χ0n) is 21.7. The number of hydrogen-bond donors (Lipinski definition) is 1. The molecule has 0 spiro atoms. The molecule has 1 N–H and O–H groups in total. The highest BCUT2D eigenvalue weighted by Crippen LogP contribution is 2.27. The lowest BCUT2D eigenvalue weighted by Gasteiger charge is -2.18. The zero-order chi connectivity index (χ0) is 27.7.